The summed E-state index contributed by atoms with van der Waals surface area (Å²) in [5, 5.41) is 6.59. The van der Waals surface area contributed by atoms with Crippen molar-refractivity contribution in [2.75, 3.05) is 17.2 Å². The number of primary amides is 1. The first-order valence-electron chi connectivity index (χ1n) is 7.52. The Bertz CT molecular complexity index is 487. The van der Waals surface area contributed by atoms with Crippen molar-refractivity contribution in [2.45, 2.75) is 59.4 Å². The molecule has 0 radical (unpaired) electrons. The Morgan fingerprint density at radius 1 is 1.24 bits per heavy atom. The van der Waals surface area contributed by atoms with Gasteiger partial charge in [0.2, 0.25) is 5.91 Å². The van der Waals surface area contributed by atoms with Crippen LogP contribution in [-0.2, 0) is 4.79 Å². The summed E-state index contributed by atoms with van der Waals surface area (Å²) >= 11 is 0. The summed E-state index contributed by atoms with van der Waals surface area (Å²) in [6, 6.07) is -0.0601. The summed E-state index contributed by atoms with van der Waals surface area (Å²) in [6.07, 6.45) is 1.31. The number of nitrogens with two attached hydrogens (primary N) is 1. The summed E-state index contributed by atoms with van der Waals surface area (Å²) in [7, 11) is 0. The molecule has 0 aliphatic rings. The van der Waals surface area contributed by atoms with Crippen molar-refractivity contribution in [3.05, 3.63) is 11.4 Å². The van der Waals surface area contributed by atoms with Crippen LogP contribution < -0.4 is 16.4 Å². The first-order chi connectivity index (χ1) is 9.85. The minimum absolute atomic E-state index is 0.0601. The van der Waals surface area contributed by atoms with E-state index < -0.39 is 0 Å². The number of aromatic nitrogens is 2. The number of anilines is 2. The zero-order valence-electron chi connectivity index (χ0n) is 13.7. The van der Waals surface area contributed by atoms with Crippen LogP contribution in [0.2, 0.25) is 0 Å². The van der Waals surface area contributed by atoms with Gasteiger partial charge in [-0.2, -0.15) is 0 Å². The van der Waals surface area contributed by atoms with Crippen LogP contribution in [0.4, 0.5) is 11.6 Å². The van der Waals surface area contributed by atoms with E-state index in [9.17, 15) is 4.79 Å². The molecule has 0 spiro atoms. The van der Waals surface area contributed by atoms with E-state index >= 15 is 0 Å². The van der Waals surface area contributed by atoms with Crippen molar-refractivity contribution >= 4 is 17.5 Å². The number of carbonyl (C=O) groups is 1. The zero-order valence-corrected chi connectivity index (χ0v) is 13.7. The second-order valence-corrected chi connectivity index (χ2v) is 5.70. The molecule has 118 valence electrons. The summed E-state index contributed by atoms with van der Waals surface area (Å²) in [5.41, 5.74) is 6.20. The molecule has 0 saturated heterocycles. The fourth-order valence-electron chi connectivity index (χ4n) is 1.93. The summed E-state index contributed by atoms with van der Waals surface area (Å²) in [6.45, 7) is 11.0. The third-order valence-electron chi connectivity index (χ3n) is 3.11. The highest BCUT2D eigenvalue weighted by molar-refractivity contribution is 5.75. The third-order valence-corrected chi connectivity index (χ3v) is 3.11. The molecule has 1 amide bonds. The Hall–Kier alpha value is -1.85. The number of carbonyl (C=O) groups excluding carboxylic acids is 1. The van der Waals surface area contributed by atoms with Crippen LogP contribution >= 0.6 is 0 Å². The third kappa shape index (κ3) is 5.21. The van der Waals surface area contributed by atoms with Crippen LogP contribution in [0, 0.1) is 6.92 Å². The van der Waals surface area contributed by atoms with Crippen molar-refractivity contribution in [2.24, 2.45) is 5.73 Å². The first-order valence-corrected chi connectivity index (χ1v) is 7.52. The second kappa shape index (κ2) is 7.81. The second-order valence-electron chi connectivity index (χ2n) is 5.70. The number of amides is 1. The van der Waals surface area contributed by atoms with Crippen molar-refractivity contribution in [3.63, 3.8) is 0 Å². The molecule has 21 heavy (non-hydrogen) atoms. The van der Waals surface area contributed by atoms with Crippen LogP contribution in [0.1, 0.15) is 57.8 Å². The minimum Gasteiger partial charge on any atom is -0.370 e. The number of rotatable bonds is 8. The molecule has 1 aromatic rings. The van der Waals surface area contributed by atoms with E-state index in [1.54, 1.807) is 0 Å². The van der Waals surface area contributed by atoms with Crippen LogP contribution in [0.25, 0.3) is 0 Å². The minimum atomic E-state index is -0.324. The topological polar surface area (TPSA) is 92.9 Å². The Morgan fingerprint density at radius 2 is 1.86 bits per heavy atom. The highest BCUT2D eigenvalue weighted by Gasteiger charge is 2.15. The van der Waals surface area contributed by atoms with Gasteiger partial charge in [-0.15, -0.1) is 0 Å². The van der Waals surface area contributed by atoms with Gasteiger partial charge in [0.25, 0.3) is 0 Å². The Labute approximate surface area is 126 Å². The van der Waals surface area contributed by atoms with Gasteiger partial charge in [0, 0.05) is 30.5 Å². The molecule has 0 bridgehead atoms. The molecule has 0 aliphatic heterocycles. The van der Waals surface area contributed by atoms with E-state index in [4.69, 9.17) is 5.73 Å². The lowest BCUT2D eigenvalue weighted by Crippen LogP contribution is -2.25. The lowest BCUT2D eigenvalue weighted by molar-refractivity contribution is -0.118. The molecule has 1 heterocycles. The van der Waals surface area contributed by atoms with Crippen molar-refractivity contribution in [1.29, 1.82) is 0 Å². The Balaban J connectivity index is 3.04. The van der Waals surface area contributed by atoms with Gasteiger partial charge in [-0.1, -0.05) is 20.8 Å². The maximum absolute atomic E-state index is 11.0. The van der Waals surface area contributed by atoms with Crippen molar-refractivity contribution < 1.29 is 4.79 Å². The predicted molar refractivity (Wildman–Crippen MR) is 86.5 cm³/mol. The quantitative estimate of drug-likeness (QED) is 0.684. The number of nitrogens with one attached hydrogen (secondary N) is 2. The lowest BCUT2D eigenvalue weighted by Gasteiger charge is -2.19. The van der Waals surface area contributed by atoms with Crippen LogP contribution in [0.3, 0.4) is 0 Å². The van der Waals surface area contributed by atoms with Gasteiger partial charge in [-0.05, 0) is 20.3 Å². The summed E-state index contributed by atoms with van der Waals surface area (Å²) < 4.78 is 0. The van der Waals surface area contributed by atoms with Gasteiger partial charge >= 0.3 is 0 Å². The van der Waals surface area contributed by atoms with E-state index in [0.717, 1.165) is 36.0 Å². The molecule has 6 nitrogen and oxygen atoms in total. The molecule has 1 aromatic heterocycles. The van der Waals surface area contributed by atoms with E-state index in [1.165, 1.54) is 0 Å². The SMILES string of the molecule is CCCNc1nc(C(C)C)nc(NC(C)CC(N)=O)c1C. The van der Waals surface area contributed by atoms with E-state index in [2.05, 4.69) is 41.4 Å². The average Bonchev–Trinajstić information content (AvgIpc) is 2.38. The predicted octanol–water partition coefficient (Wildman–Crippen LogP) is 2.41. The normalized spacial score (nSPS) is 12.3. The molecule has 0 aromatic carbocycles. The maximum Gasteiger partial charge on any atom is 0.219 e. The van der Waals surface area contributed by atoms with Crippen LogP contribution in [-0.4, -0.2) is 28.5 Å². The highest BCUT2D eigenvalue weighted by atomic mass is 16.1. The van der Waals surface area contributed by atoms with Gasteiger partial charge in [-0.3, -0.25) is 4.79 Å². The van der Waals surface area contributed by atoms with Crippen LogP contribution in [0.15, 0.2) is 0 Å². The smallest absolute Gasteiger partial charge is 0.219 e. The molecule has 4 N–H and O–H groups in total. The molecule has 1 atom stereocenters. The highest BCUT2D eigenvalue weighted by Crippen LogP contribution is 2.24. The standard InChI is InChI=1S/C15H27N5O/c1-6-7-17-14-11(5)15(18-10(4)8-12(16)21)20-13(19-14)9(2)3/h9-10H,6-8H2,1-5H3,(H2,16,21)(H2,17,18,19,20). The molecule has 1 unspecified atom stereocenters. The maximum atomic E-state index is 11.0. The largest absolute Gasteiger partial charge is 0.370 e. The fraction of sp³-hybridized carbons (Fsp3) is 0.667. The zero-order chi connectivity index (χ0) is 16.0. The molecule has 6 heteroatoms. The molecule has 0 fully saturated rings. The van der Waals surface area contributed by atoms with Crippen molar-refractivity contribution in [3.8, 4) is 0 Å². The number of nitrogens with zero attached hydrogens (tertiary/aromatic N) is 2. The Kier molecular flexibility index (Phi) is 6.39. The lowest BCUT2D eigenvalue weighted by atomic mass is 10.1. The van der Waals surface area contributed by atoms with Gasteiger partial charge in [-0.25, -0.2) is 9.97 Å². The fourth-order valence-corrected chi connectivity index (χ4v) is 1.93. The van der Waals surface area contributed by atoms with Crippen LogP contribution in [0.5, 0.6) is 0 Å². The molecular weight excluding hydrogens is 266 g/mol. The monoisotopic (exact) mass is 293 g/mol. The van der Waals surface area contributed by atoms with Crippen molar-refractivity contribution in [1.82, 2.24) is 9.97 Å². The van der Waals surface area contributed by atoms with Gasteiger partial charge in [0.15, 0.2) is 0 Å². The van der Waals surface area contributed by atoms with Gasteiger partial charge in [0.1, 0.15) is 17.5 Å². The van der Waals surface area contributed by atoms with Gasteiger partial charge in [0.05, 0.1) is 0 Å². The Morgan fingerprint density at radius 3 is 2.38 bits per heavy atom. The van der Waals surface area contributed by atoms with E-state index in [0.29, 0.717) is 0 Å². The van der Waals surface area contributed by atoms with E-state index in [1.807, 2.05) is 13.8 Å². The molecule has 1 rings (SSSR count). The summed E-state index contributed by atoms with van der Waals surface area (Å²) in [4.78, 5) is 20.2. The molecule has 0 aliphatic carbocycles. The number of hydrogen-bond donors (Lipinski definition) is 3. The average molecular weight is 293 g/mol. The summed E-state index contributed by atoms with van der Waals surface area (Å²) in [5.74, 6) is 2.31. The first kappa shape index (κ1) is 17.2. The molecule has 0 saturated carbocycles. The van der Waals surface area contributed by atoms with Gasteiger partial charge < -0.3 is 16.4 Å². The molecular formula is C15H27N5O. The van der Waals surface area contributed by atoms with E-state index in [-0.39, 0.29) is 24.3 Å². The number of hydrogen-bond acceptors (Lipinski definition) is 5.